The zero-order chi connectivity index (χ0) is 15.9. The van der Waals surface area contributed by atoms with Crippen LogP contribution >= 0.6 is 0 Å². The first kappa shape index (κ1) is 14.8. The number of alkyl halides is 2. The second-order valence-corrected chi connectivity index (χ2v) is 5.41. The van der Waals surface area contributed by atoms with Gasteiger partial charge in [-0.15, -0.1) is 0 Å². The van der Waals surface area contributed by atoms with Gasteiger partial charge < -0.3 is 9.47 Å². The van der Waals surface area contributed by atoms with E-state index < -0.39 is 17.8 Å². The SMILES string of the molecule is COc1ccc(-c2ccc3c(c2F)OC(F)(F)C(C)C3)cc1. The Bertz CT molecular complexity index is 696. The first-order valence-electron chi connectivity index (χ1n) is 6.95. The van der Waals surface area contributed by atoms with Crippen molar-refractivity contribution in [2.24, 2.45) is 5.92 Å². The molecule has 0 N–H and O–H groups in total. The molecule has 0 saturated heterocycles. The molecule has 0 aromatic heterocycles. The highest BCUT2D eigenvalue weighted by Crippen LogP contribution is 2.43. The number of rotatable bonds is 2. The van der Waals surface area contributed by atoms with Crippen LogP contribution in [0.25, 0.3) is 11.1 Å². The van der Waals surface area contributed by atoms with E-state index in [1.165, 1.54) is 14.0 Å². The Morgan fingerprint density at radius 1 is 1.14 bits per heavy atom. The van der Waals surface area contributed by atoms with Crippen molar-refractivity contribution in [1.29, 1.82) is 0 Å². The molecule has 3 rings (SSSR count). The molecule has 0 radical (unpaired) electrons. The van der Waals surface area contributed by atoms with Crippen LogP contribution in [0.3, 0.4) is 0 Å². The average Bonchev–Trinajstić information content (AvgIpc) is 2.50. The summed E-state index contributed by atoms with van der Waals surface area (Å²) in [7, 11) is 1.53. The maximum absolute atomic E-state index is 14.6. The fourth-order valence-electron chi connectivity index (χ4n) is 2.55. The standard InChI is InChI=1S/C17H15F3O2/c1-10-9-12-5-8-14(11-3-6-13(21-2)7-4-11)15(18)16(12)22-17(10,19)20/h3-8,10H,9H2,1-2H3. The van der Waals surface area contributed by atoms with Gasteiger partial charge in [0.1, 0.15) is 5.75 Å². The number of benzene rings is 2. The highest BCUT2D eigenvalue weighted by molar-refractivity contribution is 5.68. The molecule has 1 aliphatic heterocycles. The third-order valence-corrected chi connectivity index (χ3v) is 3.92. The summed E-state index contributed by atoms with van der Waals surface area (Å²) in [5.41, 5.74) is 1.27. The molecule has 22 heavy (non-hydrogen) atoms. The van der Waals surface area contributed by atoms with E-state index in [0.29, 0.717) is 16.9 Å². The Kier molecular flexibility index (Phi) is 3.51. The van der Waals surface area contributed by atoms with Crippen LogP contribution in [0.15, 0.2) is 36.4 Å². The van der Waals surface area contributed by atoms with Crippen molar-refractivity contribution in [3.05, 3.63) is 47.8 Å². The van der Waals surface area contributed by atoms with Crippen LogP contribution in [-0.2, 0) is 6.42 Å². The minimum atomic E-state index is -3.35. The van der Waals surface area contributed by atoms with Gasteiger partial charge in [-0.25, -0.2) is 4.39 Å². The number of methoxy groups -OCH3 is 1. The van der Waals surface area contributed by atoms with Gasteiger partial charge in [0.15, 0.2) is 11.6 Å². The molecule has 1 heterocycles. The van der Waals surface area contributed by atoms with Crippen LogP contribution in [0.2, 0.25) is 0 Å². The van der Waals surface area contributed by atoms with Crippen LogP contribution in [0, 0.1) is 11.7 Å². The quantitative estimate of drug-likeness (QED) is 0.803. The van der Waals surface area contributed by atoms with E-state index in [2.05, 4.69) is 4.74 Å². The lowest BCUT2D eigenvalue weighted by Gasteiger charge is -2.31. The average molecular weight is 308 g/mol. The lowest BCUT2D eigenvalue weighted by atomic mass is 9.93. The Morgan fingerprint density at radius 3 is 2.45 bits per heavy atom. The molecule has 1 atom stereocenters. The predicted molar refractivity (Wildman–Crippen MR) is 76.8 cm³/mol. The molecular weight excluding hydrogens is 293 g/mol. The summed E-state index contributed by atoms with van der Waals surface area (Å²) in [5, 5.41) is 0. The second-order valence-electron chi connectivity index (χ2n) is 5.41. The van der Waals surface area contributed by atoms with Gasteiger partial charge in [0.25, 0.3) is 0 Å². The molecule has 0 saturated carbocycles. The third-order valence-electron chi connectivity index (χ3n) is 3.92. The van der Waals surface area contributed by atoms with Gasteiger partial charge in [-0.1, -0.05) is 31.2 Å². The lowest BCUT2D eigenvalue weighted by molar-refractivity contribution is -0.220. The molecule has 0 aliphatic carbocycles. The van der Waals surface area contributed by atoms with E-state index in [1.807, 2.05) is 0 Å². The Morgan fingerprint density at radius 2 is 1.82 bits per heavy atom. The minimum Gasteiger partial charge on any atom is -0.497 e. The van der Waals surface area contributed by atoms with Gasteiger partial charge >= 0.3 is 6.11 Å². The number of fused-ring (bicyclic) bond motifs is 1. The molecule has 0 amide bonds. The van der Waals surface area contributed by atoms with Crippen molar-refractivity contribution < 1.29 is 22.6 Å². The molecule has 0 spiro atoms. The molecule has 2 aromatic carbocycles. The maximum atomic E-state index is 14.6. The van der Waals surface area contributed by atoms with Crippen molar-refractivity contribution in [3.63, 3.8) is 0 Å². The summed E-state index contributed by atoms with van der Waals surface area (Å²) < 4.78 is 51.7. The van der Waals surface area contributed by atoms with Crippen LogP contribution in [0.4, 0.5) is 13.2 Å². The molecule has 1 unspecified atom stereocenters. The van der Waals surface area contributed by atoms with E-state index in [1.54, 1.807) is 36.4 Å². The number of halogens is 3. The molecule has 0 bridgehead atoms. The summed E-state index contributed by atoms with van der Waals surface area (Å²) in [6.45, 7) is 1.39. The van der Waals surface area contributed by atoms with Gasteiger partial charge in [-0.3, -0.25) is 0 Å². The second kappa shape index (κ2) is 5.23. The van der Waals surface area contributed by atoms with E-state index in [9.17, 15) is 13.2 Å². The van der Waals surface area contributed by atoms with Gasteiger partial charge in [-0.2, -0.15) is 8.78 Å². The van der Waals surface area contributed by atoms with E-state index in [0.717, 1.165) is 0 Å². The third kappa shape index (κ3) is 2.40. The number of ether oxygens (including phenoxy) is 2. The largest absolute Gasteiger partial charge is 0.497 e. The lowest BCUT2D eigenvalue weighted by Crippen LogP contribution is -2.38. The monoisotopic (exact) mass is 308 g/mol. The van der Waals surface area contributed by atoms with E-state index >= 15 is 0 Å². The highest BCUT2D eigenvalue weighted by atomic mass is 19.3. The summed E-state index contributed by atoms with van der Waals surface area (Å²) in [6.07, 6.45) is -3.27. The molecule has 2 aromatic rings. The topological polar surface area (TPSA) is 18.5 Å². The zero-order valence-electron chi connectivity index (χ0n) is 12.2. The first-order valence-corrected chi connectivity index (χ1v) is 6.95. The van der Waals surface area contributed by atoms with Gasteiger partial charge in [0, 0.05) is 5.56 Å². The molecular formula is C17H15F3O2. The fourth-order valence-corrected chi connectivity index (χ4v) is 2.55. The van der Waals surface area contributed by atoms with Crippen molar-refractivity contribution in [2.45, 2.75) is 19.5 Å². The first-order chi connectivity index (χ1) is 10.4. The Labute approximate surface area is 126 Å². The number of hydrogen-bond donors (Lipinski definition) is 0. The van der Waals surface area contributed by atoms with Crippen molar-refractivity contribution >= 4 is 0 Å². The van der Waals surface area contributed by atoms with Crippen molar-refractivity contribution in [2.75, 3.05) is 7.11 Å². The van der Waals surface area contributed by atoms with Gasteiger partial charge in [0.05, 0.1) is 13.0 Å². The van der Waals surface area contributed by atoms with E-state index in [-0.39, 0.29) is 17.7 Å². The summed E-state index contributed by atoms with van der Waals surface area (Å²) in [5.74, 6) is -1.45. The van der Waals surface area contributed by atoms with Crippen molar-refractivity contribution in [1.82, 2.24) is 0 Å². The fraction of sp³-hybridized carbons (Fsp3) is 0.294. The molecule has 5 heteroatoms. The molecule has 1 aliphatic rings. The Balaban J connectivity index is 2.05. The van der Waals surface area contributed by atoms with Crippen LogP contribution in [0.1, 0.15) is 12.5 Å². The normalized spacial score (nSPS) is 19.2. The maximum Gasteiger partial charge on any atom is 0.400 e. The Hall–Kier alpha value is -2.17. The predicted octanol–water partition coefficient (Wildman–Crippen LogP) is 4.67. The van der Waals surface area contributed by atoms with Crippen molar-refractivity contribution in [3.8, 4) is 22.6 Å². The van der Waals surface area contributed by atoms with Gasteiger partial charge in [0.2, 0.25) is 0 Å². The van der Waals surface area contributed by atoms with E-state index in [4.69, 9.17) is 4.74 Å². The van der Waals surface area contributed by atoms with Gasteiger partial charge in [-0.05, 0) is 29.7 Å². The van der Waals surface area contributed by atoms with Crippen LogP contribution in [-0.4, -0.2) is 13.2 Å². The smallest absolute Gasteiger partial charge is 0.400 e. The molecule has 2 nitrogen and oxygen atoms in total. The summed E-state index contributed by atoms with van der Waals surface area (Å²) >= 11 is 0. The molecule has 116 valence electrons. The summed E-state index contributed by atoms with van der Waals surface area (Å²) in [6, 6.07) is 9.96. The number of hydrogen-bond acceptors (Lipinski definition) is 2. The zero-order valence-corrected chi connectivity index (χ0v) is 12.2. The molecule has 0 fully saturated rings. The summed E-state index contributed by atoms with van der Waals surface area (Å²) in [4.78, 5) is 0. The highest BCUT2D eigenvalue weighted by Gasteiger charge is 2.44. The van der Waals surface area contributed by atoms with Crippen LogP contribution < -0.4 is 9.47 Å². The van der Waals surface area contributed by atoms with Crippen LogP contribution in [0.5, 0.6) is 11.5 Å². The minimum absolute atomic E-state index is 0.0855.